The van der Waals surface area contributed by atoms with Gasteiger partial charge in [0.25, 0.3) is 0 Å². The van der Waals surface area contributed by atoms with Gasteiger partial charge in [-0.3, -0.25) is 0 Å². The lowest BCUT2D eigenvalue weighted by Crippen LogP contribution is -2.16. The van der Waals surface area contributed by atoms with Gasteiger partial charge in [0.15, 0.2) is 17.3 Å². The summed E-state index contributed by atoms with van der Waals surface area (Å²) in [6.07, 6.45) is 0. The van der Waals surface area contributed by atoms with Crippen molar-refractivity contribution >= 4 is 12.2 Å². The Bertz CT molecular complexity index is 968. The lowest BCUT2D eigenvalue weighted by Gasteiger charge is -2.14. The lowest BCUT2D eigenvalue weighted by molar-refractivity contribution is 0.310. The van der Waals surface area contributed by atoms with Gasteiger partial charge in [0.1, 0.15) is 5.75 Å². The summed E-state index contributed by atoms with van der Waals surface area (Å²) in [5.74, 6) is 2.78. The van der Waals surface area contributed by atoms with Crippen molar-refractivity contribution in [3.63, 3.8) is 0 Å². The van der Waals surface area contributed by atoms with Crippen LogP contribution < -0.4 is 19.6 Å². The largest absolute Gasteiger partial charge is 0.496 e. The van der Waals surface area contributed by atoms with Gasteiger partial charge in [-0.05, 0) is 49.0 Å². The van der Waals surface area contributed by atoms with Crippen LogP contribution in [0, 0.1) is 4.77 Å². The van der Waals surface area contributed by atoms with Gasteiger partial charge in [0.2, 0.25) is 4.77 Å². The molecule has 3 rings (SSSR count). The van der Waals surface area contributed by atoms with Crippen LogP contribution in [0.25, 0.3) is 11.4 Å². The van der Waals surface area contributed by atoms with E-state index >= 15 is 0 Å². The summed E-state index contributed by atoms with van der Waals surface area (Å²) in [4.78, 5) is 0. The Morgan fingerprint density at radius 3 is 2.59 bits per heavy atom. The van der Waals surface area contributed by atoms with E-state index in [9.17, 15) is 0 Å². The van der Waals surface area contributed by atoms with E-state index in [-0.39, 0.29) is 0 Å². The maximum absolute atomic E-state index is 5.64. The molecule has 0 aliphatic heterocycles. The molecule has 0 bridgehead atoms. The van der Waals surface area contributed by atoms with Gasteiger partial charge in [0.05, 0.1) is 32.9 Å². The molecule has 8 heteroatoms. The molecule has 1 heterocycles. The second-order valence-electron chi connectivity index (χ2n) is 5.64. The molecule has 0 aliphatic carbocycles. The van der Waals surface area contributed by atoms with E-state index in [1.54, 1.807) is 18.9 Å². The number of H-pyrrole nitrogens is 1. The van der Waals surface area contributed by atoms with Gasteiger partial charge < -0.3 is 19.6 Å². The van der Waals surface area contributed by atoms with E-state index in [0.717, 1.165) is 16.9 Å². The minimum atomic E-state index is 0.467. The molecule has 3 aromatic rings. The number of nitrogens with zero attached hydrogens (tertiary/aromatic N) is 2. The van der Waals surface area contributed by atoms with Crippen molar-refractivity contribution in [2.45, 2.75) is 13.5 Å². The van der Waals surface area contributed by atoms with Crippen LogP contribution in [0.1, 0.15) is 12.5 Å². The molecular weight excluding hydrogens is 364 g/mol. The van der Waals surface area contributed by atoms with E-state index < -0.39 is 0 Å². The summed E-state index contributed by atoms with van der Waals surface area (Å²) in [5.41, 5.74) is 5.16. The fourth-order valence-electron chi connectivity index (χ4n) is 2.72. The maximum atomic E-state index is 5.64. The Balaban J connectivity index is 1.86. The van der Waals surface area contributed by atoms with Crippen molar-refractivity contribution in [2.24, 2.45) is 0 Å². The highest BCUT2D eigenvalue weighted by Crippen LogP contribution is 2.29. The third-order valence-corrected chi connectivity index (χ3v) is 4.26. The average molecular weight is 386 g/mol. The molecular formula is C19H22N4O3S. The van der Waals surface area contributed by atoms with Crippen LogP contribution in [0.2, 0.25) is 0 Å². The number of rotatable bonds is 8. The van der Waals surface area contributed by atoms with Crippen LogP contribution in [0.5, 0.6) is 17.2 Å². The van der Waals surface area contributed by atoms with Crippen LogP contribution in [-0.4, -0.2) is 35.7 Å². The van der Waals surface area contributed by atoms with Crippen LogP contribution in [0.15, 0.2) is 42.5 Å². The minimum absolute atomic E-state index is 0.467. The predicted molar refractivity (Wildman–Crippen MR) is 107 cm³/mol. The monoisotopic (exact) mass is 386 g/mol. The molecule has 0 atom stereocenters. The highest BCUT2D eigenvalue weighted by molar-refractivity contribution is 7.71. The van der Waals surface area contributed by atoms with Crippen LogP contribution in [0.4, 0.5) is 0 Å². The van der Waals surface area contributed by atoms with Gasteiger partial charge in [-0.15, -0.1) is 0 Å². The number of hydrogen-bond donors (Lipinski definition) is 2. The molecule has 0 amide bonds. The van der Waals surface area contributed by atoms with E-state index in [4.69, 9.17) is 26.4 Å². The normalized spacial score (nSPS) is 10.5. The third-order valence-electron chi connectivity index (χ3n) is 3.99. The number of ether oxygens (including phenoxy) is 3. The number of aromatic nitrogens is 3. The first-order valence-corrected chi connectivity index (χ1v) is 8.93. The second kappa shape index (κ2) is 8.59. The molecule has 2 N–H and O–H groups in total. The topological polar surface area (TPSA) is 73.3 Å². The zero-order valence-corrected chi connectivity index (χ0v) is 16.3. The molecule has 0 aliphatic rings. The molecule has 0 saturated carbocycles. The molecule has 142 valence electrons. The summed E-state index contributed by atoms with van der Waals surface area (Å²) in [6, 6.07) is 13.5. The summed E-state index contributed by atoms with van der Waals surface area (Å²) in [6.45, 7) is 3.03. The Labute approximate surface area is 162 Å². The number of methoxy groups -OCH3 is 2. The average Bonchev–Trinajstić information content (AvgIpc) is 3.07. The fourth-order valence-corrected chi connectivity index (χ4v) is 2.92. The van der Waals surface area contributed by atoms with Crippen LogP contribution >= 0.6 is 12.2 Å². The van der Waals surface area contributed by atoms with Gasteiger partial charge in [-0.25, -0.2) is 9.77 Å². The molecule has 0 unspecified atom stereocenters. The zero-order chi connectivity index (χ0) is 19.2. The van der Waals surface area contributed by atoms with E-state index in [2.05, 4.69) is 15.6 Å². The summed E-state index contributed by atoms with van der Waals surface area (Å²) < 4.78 is 18.6. The molecule has 7 nitrogen and oxygen atoms in total. The van der Waals surface area contributed by atoms with Crippen LogP contribution in [0.3, 0.4) is 0 Å². The minimum Gasteiger partial charge on any atom is -0.496 e. The Morgan fingerprint density at radius 1 is 1.07 bits per heavy atom. The van der Waals surface area contributed by atoms with Crippen molar-refractivity contribution in [1.29, 1.82) is 0 Å². The second-order valence-corrected chi connectivity index (χ2v) is 6.03. The maximum Gasteiger partial charge on any atom is 0.214 e. The van der Waals surface area contributed by atoms with E-state index in [1.807, 2.05) is 49.4 Å². The standard InChI is InChI=1S/C19H22N4O3S/c1-4-26-17-11-13(9-10-16(17)25-3)12-20-23-18(21-22-19(23)27)14-7-5-6-8-15(14)24-2/h5-11,20H,4,12H2,1-3H3,(H,22,27). The molecule has 2 aromatic carbocycles. The SMILES string of the molecule is CCOc1cc(CNn2c(-c3ccccc3OC)n[nH]c2=S)ccc1OC. The first-order chi connectivity index (χ1) is 13.2. The number of benzene rings is 2. The fraction of sp³-hybridized carbons (Fsp3) is 0.263. The molecule has 0 spiro atoms. The van der Waals surface area contributed by atoms with Crippen molar-refractivity contribution in [3.05, 3.63) is 52.8 Å². The lowest BCUT2D eigenvalue weighted by atomic mass is 10.2. The van der Waals surface area contributed by atoms with Crippen molar-refractivity contribution < 1.29 is 14.2 Å². The highest BCUT2D eigenvalue weighted by Gasteiger charge is 2.13. The first-order valence-electron chi connectivity index (χ1n) is 8.52. The first kappa shape index (κ1) is 18.8. The number of hydrogen-bond acceptors (Lipinski definition) is 6. The molecule has 0 saturated heterocycles. The van der Waals surface area contributed by atoms with E-state index in [1.165, 1.54) is 0 Å². The Morgan fingerprint density at radius 2 is 1.85 bits per heavy atom. The highest BCUT2D eigenvalue weighted by atomic mass is 32.1. The van der Waals surface area contributed by atoms with Gasteiger partial charge in [0, 0.05) is 0 Å². The molecule has 0 radical (unpaired) electrons. The molecule has 0 fully saturated rings. The van der Waals surface area contributed by atoms with Crippen molar-refractivity contribution in [3.8, 4) is 28.6 Å². The molecule has 27 heavy (non-hydrogen) atoms. The zero-order valence-electron chi connectivity index (χ0n) is 15.5. The number of para-hydroxylation sites is 1. The van der Waals surface area contributed by atoms with Gasteiger partial charge >= 0.3 is 0 Å². The summed E-state index contributed by atoms with van der Waals surface area (Å²) in [5, 5.41) is 7.17. The summed E-state index contributed by atoms with van der Waals surface area (Å²) >= 11 is 5.37. The smallest absolute Gasteiger partial charge is 0.214 e. The Kier molecular flexibility index (Phi) is 5.97. The Hall–Kier alpha value is -3.00. The van der Waals surface area contributed by atoms with Crippen LogP contribution in [-0.2, 0) is 6.54 Å². The van der Waals surface area contributed by atoms with Gasteiger partial charge in [-0.1, -0.05) is 18.2 Å². The number of aromatic amines is 1. The summed E-state index contributed by atoms with van der Waals surface area (Å²) in [7, 11) is 3.25. The third kappa shape index (κ3) is 4.06. The van der Waals surface area contributed by atoms with Crippen molar-refractivity contribution in [1.82, 2.24) is 14.9 Å². The predicted octanol–water partition coefficient (Wildman–Crippen LogP) is 3.77. The number of nitrogens with one attached hydrogen (secondary N) is 2. The quantitative estimate of drug-likeness (QED) is 0.574. The van der Waals surface area contributed by atoms with Crippen molar-refractivity contribution in [2.75, 3.05) is 26.3 Å². The van der Waals surface area contributed by atoms with Gasteiger partial charge in [-0.2, -0.15) is 5.10 Å². The molecule has 1 aromatic heterocycles. The van der Waals surface area contributed by atoms with E-state index in [0.29, 0.717) is 35.2 Å².